The fourth-order valence-corrected chi connectivity index (χ4v) is 2.79. The monoisotopic (exact) mass is 400 g/mol. The number of halogens is 4. The van der Waals surface area contributed by atoms with Crippen LogP contribution in [0.2, 0.25) is 0 Å². The molecule has 0 aliphatic carbocycles. The average molecular weight is 401 g/mol. The molecular weight excluding hydrogens is 377 g/mol. The number of hydrogen-bond acceptors (Lipinski definition) is 2. The van der Waals surface area contributed by atoms with Gasteiger partial charge in [0.1, 0.15) is 0 Å². The molecule has 2 aromatic carbocycles. The minimum absolute atomic E-state index is 0. The first-order valence-corrected chi connectivity index (χ1v) is 8.55. The maximum Gasteiger partial charge on any atom is 0.396 e. The van der Waals surface area contributed by atoms with Crippen molar-refractivity contribution in [2.24, 2.45) is 5.73 Å². The minimum Gasteiger partial charge on any atom is -0.338 e. The maximum atomic E-state index is 13.5. The zero-order valence-electron chi connectivity index (χ0n) is 14.9. The molecule has 0 bridgehead atoms. The molecule has 148 valence electrons. The van der Waals surface area contributed by atoms with Gasteiger partial charge >= 0.3 is 6.18 Å². The Morgan fingerprint density at radius 3 is 2.07 bits per heavy atom. The Balaban J connectivity index is 0.00000364. The summed E-state index contributed by atoms with van der Waals surface area (Å²) in [4.78, 5) is 14.1. The molecule has 0 aromatic heterocycles. The Labute approximate surface area is 163 Å². The van der Waals surface area contributed by atoms with Gasteiger partial charge in [0.05, 0.1) is 5.92 Å². The number of nitrogens with two attached hydrogens (primary N) is 1. The average Bonchev–Trinajstić information content (AvgIpc) is 2.63. The molecular formula is C20H24ClF3N2O. The van der Waals surface area contributed by atoms with Crippen molar-refractivity contribution in [1.82, 2.24) is 4.90 Å². The second kappa shape index (κ2) is 10.9. The quantitative estimate of drug-likeness (QED) is 0.708. The van der Waals surface area contributed by atoms with Crippen LogP contribution in [0.1, 0.15) is 29.9 Å². The number of rotatable bonds is 8. The van der Waals surface area contributed by atoms with Crippen molar-refractivity contribution in [2.45, 2.75) is 31.5 Å². The highest BCUT2D eigenvalue weighted by Crippen LogP contribution is 2.37. The van der Waals surface area contributed by atoms with Crippen LogP contribution in [0.25, 0.3) is 0 Å². The van der Waals surface area contributed by atoms with Crippen LogP contribution >= 0.6 is 12.4 Å². The molecule has 0 fully saturated rings. The van der Waals surface area contributed by atoms with Crippen molar-refractivity contribution < 1.29 is 18.0 Å². The lowest BCUT2D eigenvalue weighted by atomic mass is 9.94. The standard InChI is InChI=1S/C20H23F3N2O.ClH/c21-20(22,23)18(17-10-5-2-6-11-17)14-19(26)25(13-7-12-24)15-16-8-3-1-4-9-16;/h1-6,8-11,18H,7,12-15,24H2;1H. The summed E-state index contributed by atoms with van der Waals surface area (Å²) in [5.41, 5.74) is 6.49. The zero-order valence-corrected chi connectivity index (χ0v) is 15.7. The van der Waals surface area contributed by atoms with E-state index in [1.807, 2.05) is 30.3 Å². The van der Waals surface area contributed by atoms with Gasteiger partial charge < -0.3 is 10.6 Å². The van der Waals surface area contributed by atoms with Crippen molar-refractivity contribution >= 4 is 18.3 Å². The number of carbonyl (C=O) groups is 1. The van der Waals surface area contributed by atoms with E-state index >= 15 is 0 Å². The second-order valence-electron chi connectivity index (χ2n) is 6.15. The van der Waals surface area contributed by atoms with Crippen molar-refractivity contribution in [2.75, 3.05) is 13.1 Å². The van der Waals surface area contributed by atoms with Gasteiger partial charge in [0.2, 0.25) is 5.91 Å². The van der Waals surface area contributed by atoms with E-state index in [-0.39, 0.29) is 24.5 Å². The third-order valence-electron chi connectivity index (χ3n) is 4.18. The molecule has 2 rings (SSSR count). The van der Waals surface area contributed by atoms with Crippen molar-refractivity contribution in [3.8, 4) is 0 Å². The van der Waals surface area contributed by atoms with Crippen LogP contribution in [0.15, 0.2) is 60.7 Å². The lowest BCUT2D eigenvalue weighted by Gasteiger charge is -2.26. The van der Waals surface area contributed by atoms with Gasteiger partial charge in [0.15, 0.2) is 0 Å². The highest BCUT2D eigenvalue weighted by molar-refractivity contribution is 5.85. The topological polar surface area (TPSA) is 46.3 Å². The van der Waals surface area contributed by atoms with Gasteiger partial charge in [-0.25, -0.2) is 0 Å². The number of amides is 1. The number of nitrogens with zero attached hydrogens (tertiary/aromatic N) is 1. The van der Waals surface area contributed by atoms with E-state index in [1.165, 1.54) is 17.0 Å². The predicted molar refractivity (Wildman–Crippen MR) is 103 cm³/mol. The summed E-state index contributed by atoms with van der Waals surface area (Å²) in [6, 6.07) is 16.8. The summed E-state index contributed by atoms with van der Waals surface area (Å²) in [6.07, 6.45) is -4.55. The largest absolute Gasteiger partial charge is 0.396 e. The zero-order chi connectivity index (χ0) is 19.0. The van der Waals surface area contributed by atoms with Gasteiger partial charge in [-0.3, -0.25) is 4.79 Å². The minimum atomic E-state index is -4.48. The number of carbonyl (C=O) groups excluding carboxylic acids is 1. The first-order valence-electron chi connectivity index (χ1n) is 8.55. The molecule has 27 heavy (non-hydrogen) atoms. The van der Waals surface area contributed by atoms with Crippen LogP contribution in [-0.4, -0.2) is 30.1 Å². The molecule has 3 nitrogen and oxygen atoms in total. The fourth-order valence-electron chi connectivity index (χ4n) is 2.79. The molecule has 0 heterocycles. The Hall–Kier alpha value is -2.05. The van der Waals surface area contributed by atoms with Crippen LogP contribution in [-0.2, 0) is 11.3 Å². The summed E-state index contributed by atoms with van der Waals surface area (Å²) >= 11 is 0. The van der Waals surface area contributed by atoms with E-state index < -0.39 is 24.4 Å². The smallest absolute Gasteiger partial charge is 0.338 e. The van der Waals surface area contributed by atoms with Gasteiger partial charge in [0.25, 0.3) is 0 Å². The molecule has 0 radical (unpaired) electrons. The van der Waals surface area contributed by atoms with Crippen molar-refractivity contribution in [3.63, 3.8) is 0 Å². The third kappa shape index (κ3) is 7.23. The van der Waals surface area contributed by atoms with E-state index in [9.17, 15) is 18.0 Å². The molecule has 0 aliphatic heterocycles. The van der Waals surface area contributed by atoms with Gasteiger partial charge in [-0.05, 0) is 24.1 Å². The molecule has 0 saturated heterocycles. The Bertz CT molecular complexity index is 681. The highest BCUT2D eigenvalue weighted by Gasteiger charge is 2.42. The number of benzene rings is 2. The molecule has 2 aromatic rings. The van der Waals surface area contributed by atoms with Gasteiger partial charge in [0, 0.05) is 19.5 Å². The maximum absolute atomic E-state index is 13.5. The molecule has 1 unspecified atom stereocenters. The van der Waals surface area contributed by atoms with Crippen LogP contribution < -0.4 is 5.73 Å². The molecule has 1 atom stereocenters. The predicted octanol–water partition coefficient (Wildman–Crippen LogP) is 4.52. The Morgan fingerprint density at radius 1 is 1.00 bits per heavy atom. The van der Waals surface area contributed by atoms with Crippen LogP contribution in [0, 0.1) is 0 Å². The summed E-state index contributed by atoms with van der Waals surface area (Å²) in [7, 11) is 0. The van der Waals surface area contributed by atoms with E-state index in [0.29, 0.717) is 19.5 Å². The van der Waals surface area contributed by atoms with E-state index in [0.717, 1.165) is 5.56 Å². The van der Waals surface area contributed by atoms with Crippen molar-refractivity contribution in [3.05, 3.63) is 71.8 Å². The first kappa shape index (κ1) is 23.0. The second-order valence-corrected chi connectivity index (χ2v) is 6.15. The molecule has 2 N–H and O–H groups in total. The van der Waals surface area contributed by atoms with Crippen LogP contribution in [0.3, 0.4) is 0 Å². The molecule has 0 spiro atoms. The summed E-state index contributed by atoms with van der Waals surface area (Å²) in [6.45, 7) is 0.989. The molecule has 0 aliphatic rings. The Morgan fingerprint density at radius 2 is 1.56 bits per heavy atom. The van der Waals surface area contributed by atoms with Crippen LogP contribution in [0.4, 0.5) is 13.2 Å². The highest BCUT2D eigenvalue weighted by atomic mass is 35.5. The van der Waals surface area contributed by atoms with E-state index in [2.05, 4.69) is 0 Å². The molecule has 0 saturated carbocycles. The SMILES string of the molecule is Cl.NCCCN(Cc1ccccc1)C(=O)CC(c1ccccc1)C(F)(F)F. The lowest BCUT2D eigenvalue weighted by molar-refractivity contribution is -0.160. The van der Waals surface area contributed by atoms with E-state index in [1.54, 1.807) is 18.2 Å². The van der Waals surface area contributed by atoms with Crippen LogP contribution in [0.5, 0.6) is 0 Å². The number of hydrogen-bond donors (Lipinski definition) is 1. The van der Waals surface area contributed by atoms with Crippen molar-refractivity contribution in [1.29, 1.82) is 0 Å². The lowest BCUT2D eigenvalue weighted by Crippen LogP contribution is -2.35. The summed E-state index contributed by atoms with van der Waals surface area (Å²) in [5.74, 6) is -2.33. The summed E-state index contributed by atoms with van der Waals surface area (Å²) in [5, 5.41) is 0. The fraction of sp³-hybridized carbons (Fsp3) is 0.350. The van der Waals surface area contributed by atoms with Gasteiger partial charge in [-0.2, -0.15) is 13.2 Å². The molecule has 1 amide bonds. The third-order valence-corrected chi connectivity index (χ3v) is 4.18. The summed E-state index contributed by atoms with van der Waals surface area (Å²) < 4.78 is 40.6. The van der Waals surface area contributed by atoms with E-state index in [4.69, 9.17) is 5.73 Å². The Kier molecular flexibility index (Phi) is 9.32. The van der Waals surface area contributed by atoms with Gasteiger partial charge in [-0.1, -0.05) is 60.7 Å². The first-order chi connectivity index (χ1) is 12.4. The normalized spacial score (nSPS) is 12.1. The number of alkyl halides is 3. The molecule has 7 heteroatoms. The van der Waals surface area contributed by atoms with Gasteiger partial charge in [-0.15, -0.1) is 12.4 Å².